The summed E-state index contributed by atoms with van der Waals surface area (Å²) in [7, 11) is 1.24. The van der Waals surface area contributed by atoms with Gasteiger partial charge in [-0.05, 0) is 79.1 Å². The van der Waals surface area contributed by atoms with Crippen LogP contribution in [0.15, 0.2) is 72.3 Å². The molecule has 5 amide bonds. The Morgan fingerprint density at radius 3 is 2.31 bits per heavy atom. The second-order valence-corrected chi connectivity index (χ2v) is 8.72. The highest BCUT2D eigenvalue weighted by Crippen LogP contribution is 2.23. The minimum absolute atomic E-state index is 0.173. The van der Waals surface area contributed by atoms with E-state index in [0.717, 1.165) is 16.0 Å². The summed E-state index contributed by atoms with van der Waals surface area (Å²) in [6, 6.07) is 16.9. The van der Waals surface area contributed by atoms with E-state index in [2.05, 4.69) is 15.4 Å². The second-order valence-electron chi connectivity index (χ2n) is 8.72. The van der Waals surface area contributed by atoms with Crippen molar-refractivity contribution in [1.82, 2.24) is 5.32 Å². The molecule has 0 spiro atoms. The predicted molar refractivity (Wildman–Crippen MR) is 143 cm³/mol. The van der Waals surface area contributed by atoms with E-state index in [-0.39, 0.29) is 29.3 Å². The van der Waals surface area contributed by atoms with Crippen molar-refractivity contribution in [2.75, 3.05) is 23.9 Å². The molecule has 10 nitrogen and oxygen atoms in total. The minimum Gasteiger partial charge on any atom is -0.484 e. The molecule has 3 aromatic carbocycles. The molecule has 0 unspecified atom stereocenters. The third kappa shape index (κ3) is 6.19. The number of anilines is 2. The number of nitrogens with zero attached hydrogens (tertiary/aromatic N) is 1. The molecule has 2 N–H and O–H groups in total. The number of barbiturate groups is 1. The van der Waals surface area contributed by atoms with Crippen LogP contribution in [0.4, 0.5) is 16.2 Å². The van der Waals surface area contributed by atoms with Gasteiger partial charge in [0.15, 0.2) is 6.61 Å². The van der Waals surface area contributed by atoms with Crippen LogP contribution in [-0.2, 0) is 19.1 Å². The van der Waals surface area contributed by atoms with E-state index in [1.807, 2.05) is 32.0 Å². The first kappa shape index (κ1) is 26.8. The number of aryl methyl sites for hydroxylation is 2. The molecular formula is C29H25N3O7. The minimum atomic E-state index is -0.907. The van der Waals surface area contributed by atoms with Gasteiger partial charge in [-0.3, -0.25) is 19.7 Å². The molecule has 4 rings (SSSR count). The van der Waals surface area contributed by atoms with Crippen LogP contribution in [0.25, 0.3) is 6.08 Å². The van der Waals surface area contributed by atoms with Gasteiger partial charge in [0.2, 0.25) is 0 Å². The van der Waals surface area contributed by atoms with Crippen LogP contribution >= 0.6 is 0 Å². The molecule has 0 bridgehead atoms. The van der Waals surface area contributed by atoms with Gasteiger partial charge in [-0.2, -0.15) is 0 Å². The molecule has 0 radical (unpaired) electrons. The van der Waals surface area contributed by atoms with Crippen molar-refractivity contribution in [3.63, 3.8) is 0 Å². The van der Waals surface area contributed by atoms with Crippen LogP contribution in [0.5, 0.6) is 5.75 Å². The lowest BCUT2D eigenvalue weighted by molar-refractivity contribution is -0.122. The number of carbonyl (C=O) groups excluding carboxylic acids is 5. The molecule has 1 aliphatic rings. The summed E-state index contributed by atoms with van der Waals surface area (Å²) in [5.74, 6) is -2.13. The van der Waals surface area contributed by atoms with E-state index in [1.54, 1.807) is 24.3 Å². The Morgan fingerprint density at radius 1 is 0.949 bits per heavy atom. The molecule has 1 heterocycles. The van der Waals surface area contributed by atoms with E-state index in [9.17, 15) is 24.0 Å². The summed E-state index contributed by atoms with van der Waals surface area (Å²) in [5.41, 5.74) is 3.33. The van der Waals surface area contributed by atoms with Crippen LogP contribution in [0.3, 0.4) is 0 Å². The smallest absolute Gasteiger partial charge is 0.337 e. The van der Waals surface area contributed by atoms with E-state index < -0.39 is 23.8 Å². The fraction of sp³-hybridized carbons (Fsp3) is 0.138. The van der Waals surface area contributed by atoms with Gasteiger partial charge in [-0.1, -0.05) is 24.3 Å². The largest absolute Gasteiger partial charge is 0.484 e. The molecule has 0 saturated carbocycles. The van der Waals surface area contributed by atoms with Crippen molar-refractivity contribution in [3.8, 4) is 5.75 Å². The maximum absolute atomic E-state index is 13.1. The number of esters is 1. The monoisotopic (exact) mass is 527 g/mol. The summed E-state index contributed by atoms with van der Waals surface area (Å²) in [5, 5.41) is 4.97. The Kier molecular flexibility index (Phi) is 7.85. The lowest BCUT2D eigenvalue weighted by Gasteiger charge is -2.26. The lowest BCUT2D eigenvalue weighted by atomic mass is 10.1. The summed E-state index contributed by atoms with van der Waals surface area (Å²) in [4.78, 5) is 62.7. The predicted octanol–water partition coefficient (Wildman–Crippen LogP) is 3.77. The number of hydrogen-bond donors (Lipinski definition) is 2. The molecule has 3 aromatic rings. The number of imide groups is 2. The molecule has 0 atom stereocenters. The Morgan fingerprint density at radius 2 is 1.64 bits per heavy atom. The molecular weight excluding hydrogens is 502 g/mol. The highest BCUT2D eigenvalue weighted by Gasteiger charge is 2.36. The Balaban J connectivity index is 1.43. The fourth-order valence-corrected chi connectivity index (χ4v) is 3.79. The van der Waals surface area contributed by atoms with Crippen molar-refractivity contribution >= 4 is 47.2 Å². The van der Waals surface area contributed by atoms with Crippen molar-refractivity contribution in [3.05, 3.63) is 94.6 Å². The van der Waals surface area contributed by atoms with Gasteiger partial charge in [-0.15, -0.1) is 0 Å². The van der Waals surface area contributed by atoms with Gasteiger partial charge < -0.3 is 14.8 Å². The average molecular weight is 528 g/mol. The van der Waals surface area contributed by atoms with E-state index in [1.165, 1.54) is 37.5 Å². The van der Waals surface area contributed by atoms with Crippen LogP contribution in [0.1, 0.15) is 27.0 Å². The molecule has 1 aliphatic heterocycles. The van der Waals surface area contributed by atoms with Crippen LogP contribution < -0.4 is 20.3 Å². The highest BCUT2D eigenvalue weighted by atomic mass is 16.5. The van der Waals surface area contributed by atoms with Gasteiger partial charge in [0.1, 0.15) is 11.3 Å². The lowest BCUT2D eigenvalue weighted by Crippen LogP contribution is -2.54. The molecule has 39 heavy (non-hydrogen) atoms. The molecule has 0 aliphatic carbocycles. The summed E-state index contributed by atoms with van der Waals surface area (Å²) < 4.78 is 10.2. The number of nitrogens with one attached hydrogen (secondary N) is 2. The zero-order valence-electron chi connectivity index (χ0n) is 21.4. The highest BCUT2D eigenvalue weighted by molar-refractivity contribution is 6.39. The van der Waals surface area contributed by atoms with Gasteiger partial charge in [0.05, 0.1) is 18.4 Å². The Bertz CT molecular complexity index is 1490. The number of carbonyl (C=O) groups is 5. The third-order valence-corrected chi connectivity index (χ3v) is 5.88. The van der Waals surface area contributed by atoms with Crippen LogP contribution in [0, 0.1) is 13.8 Å². The first-order valence-corrected chi connectivity index (χ1v) is 11.9. The van der Waals surface area contributed by atoms with E-state index in [4.69, 9.17) is 4.74 Å². The Labute approximate surface area is 224 Å². The topological polar surface area (TPSA) is 131 Å². The maximum Gasteiger partial charge on any atom is 0.337 e. The second kappa shape index (κ2) is 11.4. The summed E-state index contributed by atoms with van der Waals surface area (Å²) in [6.45, 7) is 3.63. The van der Waals surface area contributed by atoms with Gasteiger partial charge in [0.25, 0.3) is 17.7 Å². The van der Waals surface area contributed by atoms with Crippen molar-refractivity contribution in [2.24, 2.45) is 0 Å². The standard InChI is InChI=1S/C29H25N3O7/c1-17-4-5-18(2)24(14-17)30-25(33)16-39-22-12-6-19(7-13-22)15-23-26(34)31-29(37)32(27(23)35)21-10-8-20(9-11-21)28(36)38-3/h4-15H,16H2,1-3H3,(H,30,33)(H,31,34,37)/b23-15-. The number of rotatable bonds is 7. The zero-order chi connectivity index (χ0) is 28.1. The molecule has 1 fully saturated rings. The third-order valence-electron chi connectivity index (χ3n) is 5.88. The van der Waals surface area contributed by atoms with Gasteiger partial charge in [0, 0.05) is 5.69 Å². The van der Waals surface area contributed by atoms with Crippen LogP contribution in [-0.4, -0.2) is 43.4 Å². The van der Waals surface area contributed by atoms with Gasteiger partial charge in [-0.25, -0.2) is 14.5 Å². The van der Waals surface area contributed by atoms with E-state index in [0.29, 0.717) is 17.0 Å². The molecule has 1 saturated heterocycles. The number of hydrogen-bond acceptors (Lipinski definition) is 7. The number of amides is 5. The van der Waals surface area contributed by atoms with Crippen molar-refractivity contribution in [2.45, 2.75) is 13.8 Å². The number of urea groups is 1. The van der Waals surface area contributed by atoms with E-state index >= 15 is 0 Å². The SMILES string of the molecule is COC(=O)c1ccc(N2C(=O)NC(=O)/C(=C/c3ccc(OCC(=O)Nc4cc(C)ccc4C)cc3)C2=O)cc1. The molecule has 198 valence electrons. The normalized spacial score (nSPS) is 14.2. The number of ether oxygens (including phenoxy) is 2. The average Bonchev–Trinajstić information content (AvgIpc) is 2.92. The van der Waals surface area contributed by atoms with Crippen molar-refractivity contribution < 1.29 is 33.4 Å². The maximum atomic E-state index is 13.1. The molecule has 10 heteroatoms. The Hall–Kier alpha value is -5.25. The summed E-state index contributed by atoms with van der Waals surface area (Å²) >= 11 is 0. The first-order chi connectivity index (χ1) is 18.7. The molecule has 0 aromatic heterocycles. The van der Waals surface area contributed by atoms with Gasteiger partial charge >= 0.3 is 12.0 Å². The summed E-state index contributed by atoms with van der Waals surface area (Å²) in [6.07, 6.45) is 1.34. The quantitative estimate of drug-likeness (QED) is 0.272. The van der Waals surface area contributed by atoms with Crippen LogP contribution in [0.2, 0.25) is 0 Å². The number of methoxy groups -OCH3 is 1. The first-order valence-electron chi connectivity index (χ1n) is 11.9. The fourth-order valence-electron chi connectivity index (χ4n) is 3.79. The zero-order valence-corrected chi connectivity index (χ0v) is 21.4. The number of benzene rings is 3. The van der Waals surface area contributed by atoms with Crippen molar-refractivity contribution in [1.29, 1.82) is 0 Å².